The molecular formula is C11H20LiN3. The van der Waals surface area contributed by atoms with Crippen molar-refractivity contribution in [1.82, 2.24) is 0 Å². The van der Waals surface area contributed by atoms with Crippen LogP contribution in [0.1, 0.15) is 0 Å². The maximum Gasteiger partial charge on any atom is 1.00 e. The van der Waals surface area contributed by atoms with Crippen molar-refractivity contribution in [3.05, 3.63) is 12.1 Å². The van der Waals surface area contributed by atoms with E-state index >= 15 is 0 Å². The van der Waals surface area contributed by atoms with E-state index in [0.717, 1.165) is 0 Å². The Morgan fingerprint density at radius 3 is 1.80 bits per heavy atom. The van der Waals surface area contributed by atoms with Crippen molar-refractivity contribution in [2.75, 3.05) is 57.0 Å². The molecule has 1 aromatic carbocycles. The van der Waals surface area contributed by atoms with Gasteiger partial charge in [0.2, 0.25) is 0 Å². The fraction of sp³-hybridized carbons (Fsp3) is 0.545. The van der Waals surface area contributed by atoms with Gasteiger partial charge in [0.05, 0.1) is 0 Å². The van der Waals surface area contributed by atoms with Crippen LogP contribution < -0.4 is 33.6 Å². The van der Waals surface area contributed by atoms with Crippen molar-refractivity contribution < 1.29 is 18.9 Å². The van der Waals surface area contributed by atoms with Crippen LogP contribution in [-0.4, -0.2) is 42.3 Å². The van der Waals surface area contributed by atoms with Crippen LogP contribution in [0.2, 0.25) is 0 Å². The molecule has 0 unspecified atom stereocenters. The molecule has 15 heavy (non-hydrogen) atoms. The van der Waals surface area contributed by atoms with Gasteiger partial charge in [0.25, 0.3) is 0 Å². The summed E-state index contributed by atoms with van der Waals surface area (Å²) in [7, 11) is 12.4. The van der Waals surface area contributed by atoms with Crippen LogP contribution in [0.5, 0.6) is 0 Å². The second-order valence-corrected chi connectivity index (χ2v) is 4.14. The van der Waals surface area contributed by atoms with Crippen LogP contribution in [-0.2, 0) is 0 Å². The topological polar surface area (TPSA) is 9.72 Å². The summed E-state index contributed by atoms with van der Waals surface area (Å²) in [5, 5.41) is 0. The van der Waals surface area contributed by atoms with Crippen molar-refractivity contribution >= 4 is 17.1 Å². The van der Waals surface area contributed by atoms with E-state index in [-0.39, 0.29) is 18.9 Å². The van der Waals surface area contributed by atoms with E-state index in [0.29, 0.717) is 0 Å². The van der Waals surface area contributed by atoms with Gasteiger partial charge in [-0.25, -0.2) is 0 Å². The largest absolute Gasteiger partial charge is 1.00 e. The molecule has 0 radical (unpaired) electrons. The number of rotatable bonds is 3. The monoisotopic (exact) mass is 201 g/mol. The summed E-state index contributed by atoms with van der Waals surface area (Å²) in [5.41, 5.74) is 3.80. The second kappa shape index (κ2) is 5.44. The SMILES string of the molecule is CN(C)c1cc[c-](N(C)C)c1N(C)C.[Li+]. The Morgan fingerprint density at radius 1 is 0.933 bits per heavy atom. The molecule has 0 fully saturated rings. The average Bonchev–Trinajstić information content (AvgIpc) is 2.46. The molecule has 0 saturated carbocycles. The Kier molecular flexibility index (Phi) is 5.20. The number of hydrogen-bond donors (Lipinski definition) is 0. The van der Waals surface area contributed by atoms with Crippen LogP contribution in [0.15, 0.2) is 12.1 Å². The van der Waals surface area contributed by atoms with E-state index in [1.165, 1.54) is 17.1 Å². The summed E-state index contributed by atoms with van der Waals surface area (Å²) in [6.07, 6.45) is 0. The molecule has 0 amide bonds. The Labute approximate surface area is 105 Å². The Morgan fingerprint density at radius 2 is 1.47 bits per heavy atom. The molecule has 0 aliphatic heterocycles. The fourth-order valence-electron chi connectivity index (χ4n) is 1.63. The molecule has 0 bridgehead atoms. The maximum atomic E-state index is 2.16. The Balaban J connectivity index is 0.00000196. The summed E-state index contributed by atoms with van der Waals surface area (Å²) in [6.45, 7) is 0. The van der Waals surface area contributed by atoms with E-state index < -0.39 is 0 Å². The summed E-state index contributed by atoms with van der Waals surface area (Å²) < 4.78 is 0. The first-order valence-electron chi connectivity index (χ1n) is 4.76. The van der Waals surface area contributed by atoms with Gasteiger partial charge in [-0.1, -0.05) is 11.4 Å². The standard InChI is InChI=1S/C11H20N3.Li/c1-12(2)9-7-8-10(13(3)4)11(9)14(5)6;/h7-8H,1-6H3;/q-1;+1. The molecule has 0 heterocycles. The molecule has 4 heteroatoms. The van der Waals surface area contributed by atoms with E-state index in [9.17, 15) is 0 Å². The zero-order valence-electron chi connectivity index (χ0n) is 11.0. The van der Waals surface area contributed by atoms with Crippen molar-refractivity contribution in [1.29, 1.82) is 0 Å². The molecule has 0 saturated heterocycles. The predicted octanol–water partition coefficient (Wildman–Crippen LogP) is -1.39. The van der Waals surface area contributed by atoms with Gasteiger partial charge in [-0.2, -0.15) is 12.1 Å². The number of anilines is 3. The molecule has 80 valence electrons. The molecule has 0 atom stereocenters. The van der Waals surface area contributed by atoms with Crippen LogP contribution in [0.4, 0.5) is 17.1 Å². The second-order valence-electron chi connectivity index (χ2n) is 4.14. The minimum Gasteiger partial charge on any atom is -0.437 e. The molecular weight excluding hydrogens is 181 g/mol. The molecule has 0 aromatic heterocycles. The molecule has 0 spiro atoms. The normalized spacial score (nSPS) is 9.47. The fourth-order valence-corrected chi connectivity index (χ4v) is 1.63. The van der Waals surface area contributed by atoms with Gasteiger partial charge < -0.3 is 14.7 Å². The van der Waals surface area contributed by atoms with Crippen LogP contribution in [0.3, 0.4) is 0 Å². The summed E-state index contributed by atoms with van der Waals surface area (Å²) >= 11 is 0. The summed E-state index contributed by atoms with van der Waals surface area (Å²) in [6, 6.07) is 4.31. The maximum absolute atomic E-state index is 2.16. The number of nitrogens with zero attached hydrogens (tertiary/aromatic N) is 3. The first kappa shape index (κ1) is 14.3. The summed E-state index contributed by atoms with van der Waals surface area (Å²) in [4.78, 5) is 6.44. The molecule has 0 aliphatic rings. The minimum absolute atomic E-state index is 0. The molecule has 0 N–H and O–H groups in total. The van der Waals surface area contributed by atoms with Gasteiger partial charge in [0, 0.05) is 14.1 Å². The van der Waals surface area contributed by atoms with Crippen molar-refractivity contribution in [2.45, 2.75) is 0 Å². The number of hydrogen-bond acceptors (Lipinski definition) is 3. The first-order chi connectivity index (χ1) is 6.45. The Bertz CT molecular complexity index is 277. The van der Waals surface area contributed by atoms with Crippen LogP contribution in [0.25, 0.3) is 0 Å². The average molecular weight is 201 g/mol. The molecule has 3 nitrogen and oxygen atoms in total. The third-order valence-corrected chi connectivity index (χ3v) is 2.30. The van der Waals surface area contributed by atoms with Crippen molar-refractivity contribution in [2.24, 2.45) is 0 Å². The zero-order chi connectivity index (χ0) is 10.9. The molecule has 0 aliphatic carbocycles. The van der Waals surface area contributed by atoms with Gasteiger partial charge in [0.15, 0.2) is 0 Å². The summed E-state index contributed by atoms with van der Waals surface area (Å²) in [5.74, 6) is 0. The van der Waals surface area contributed by atoms with E-state index in [2.05, 4.69) is 69.1 Å². The van der Waals surface area contributed by atoms with Gasteiger partial charge in [-0.05, 0) is 33.9 Å². The smallest absolute Gasteiger partial charge is 0.437 e. The van der Waals surface area contributed by atoms with Gasteiger partial charge in [-0.3, -0.25) is 0 Å². The van der Waals surface area contributed by atoms with Crippen LogP contribution in [0, 0.1) is 0 Å². The van der Waals surface area contributed by atoms with E-state index in [1.54, 1.807) is 0 Å². The Hall–Kier alpha value is -0.653. The van der Waals surface area contributed by atoms with Gasteiger partial charge >= 0.3 is 18.9 Å². The quantitative estimate of drug-likeness (QED) is 0.440. The third kappa shape index (κ3) is 2.90. The molecule has 1 rings (SSSR count). The third-order valence-electron chi connectivity index (χ3n) is 2.30. The van der Waals surface area contributed by atoms with E-state index in [4.69, 9.17) is 0 Å². The zero-order valence-corrected chi connectivity index (χ0v) is 11.0. The first-order valence-corrected chi connectivity index (χ1v) is 4.76. The van der Waals surface area contributed by atoms with Crippen molar-refractivity contribution in [3.63, 3.8) is 0 Å². The van der Waals surface area contributed by atoms with Gasteiger partial charge in [-0.15, -0.1) is 0 Å². The van der Waals surface area contributed by atoms with Crippen molar-refractivity contribution in [3.8, 4) is 0 Å². The molecule has 1 aromatic rings. The predicted molar refractivity (Wildman–Crippen MR) is 65.0 cm³/mol. The van der Waals surface area contributed by atoms with Crippen LogP contribution >= 0.6 is 0 Å². The van der Waals surface area contributed by atoms with Gasteiger partial charge in [0.1, 0.15) is 0 Å². The minimum atomic E-state index is 0. The van der Waals surface area contributed by atoms with E-state index in [1.807, 2.05) is 0 Å².